The number of carboxylic acid groups (broad SMARTS) is 1. The highest BCUT2D eigenvalue weighted by Crippen LogP contribution is 1.95. The lowest BCUT2D eigenvalue weighted by Crippen LogP contribution is -2.40. The number of aliphatic carboxylic acids is 1. The van der Waals surface area contributed by atoms with Gasteiger partial charge < -0.3 is 16.2 Å². The van der Waals surface area contributed by atoms with Gasteiger partial charge in [0.1, 0.15) is 0 Å². The van der Waals surface area contributed by atoms with Crippen LogP contribution in [0.3, 0.4) is 0 Å². The van der Waals surface area contributed by atoms with Crippen LogP contribution in [0.5, 0.6) is 0 Å². The Labute approximate surface area is 90.0 Å². The van der Waals surface area contributed by atoms with Crippen LogP contribution in [0.1, 0.15) is 39.0 Å². The van der Waals surface area contributed by atoms with Crippen molar-refractivity contribution in [2.75, 3.05) is 6.54 Å². The number of nitrogens with two attached hydrogens (primary N) is 1. The number of nitrogens with one attached hydrogen (secondary N) is 1. The molecule has 0 aliphatic heterocycles. The van der Waals surface area contributed by atoms with Crippen LogP contribution in [0.25, 0.3) is 0 Å². The lowest BCUT2D eigenvalue weighted by atomic mass is 10.1. The maximum atomic E-state index is 11.3. The molecular formula is C10H20N2O3. The molecule has 0 aromatic carbocycles. The van der Waals surface area contributed by atoms with Crippen LogP contribution < -0.4 is 11.1 Å². The van der Waals surface area contributed by atoms with Crippen LogP contribution in [0.2, 0.25) is 0 Å². The number of hydrogen-bond acceptors (Lipinski definition) is 3. The average molecular weight is 216 g/mol. The normalized spacial score (nSPS) is 12.1. The topological polar surface area (TPSA) is 92.4 Å². The zero-order valence-electron chi connectivity index (χ0n) is 9.16. The second-order valence-corrected chi connectivity index (χ2v) is 3.54. The minimum atomic E-state index is -0.802. The third-order valence-electron chi connectivity index (χ3n) is 2.05. The monoisotopic (exact) mass is 216 g/mol. The molecule has 0 fully saturated rings. The summed E-state index contributed by atoms with van der Waals surface area (Å²) in [6.07, 6.45) is 2.97. The highest BCUT2D eigenvalue weighted by molar-refractivity contribution is 5.81. The Morgan fingerprint density at radius 3 is 2.60 bits per heavy atom. The van der Waals surface area contributed by atoms with Crippen molar-refractivity contribution in [3.63, 3.8) is 0 Å². The molecule has 0 heterocycles. The molecule has 0 aromatic heterocycles. The third kappa shape index (κ3) is 7.93. The van der Waals surface area contributed by atoms with E-state index in [1.54, 1.807) is 0 Å². The number of rotatable bonds is 8. The molecule has 0 aliphatic rings. The minimum absolute atomic E-state index is 0.146. The Morgan fingerprint density at radius 2 is 2.07 bits per heavy atom. The first kappa shape index (κ1) is 13.9. The van der Waals surface area contributed by atoms with Gasteiger partial charge in [0.25, 0.3) is 0 Å². The zero-order valence-corrected chi connectivity index (χ0v) is 9.16. The standard InChI is InChI=1S/C10H20N2O3/c1-2-5-8(11)10(15)12-7-4-3-6-9(13)14/h8H,2-7,11H2,1H3,(H,12,15)(H,13,14)/t8-/m0/s1. The van der Waals surface area contributed by atoms with Gasteiger partial charge >= 0.3 is 5.97 Å². The van der Waals surface area contributed by atoms with E-state index in [0.717, 1.165) is 6.42 Å². The molecular weight excluding hydrogens is 196 g/mol. The maximum absolute atomic E-state index is 11.3. The number of hydrogen-bond donors (Lipinski definition) is 3. The van der Waals surface area contributed by atoms with E-state index in [4.69, 9.17) is 10.8 Å². The van der Waals surface area contributed by atoms with Crippen LogP contribution in [0, 0.1) is 0 Å². The van der Waals surface area contributed by atoms with Gasteiger partial charge in [0.15, 0.2) is 0 Å². The maximum Gasteiger partial charge on any atom is 0.303 e. The van der Waals surface area contributed by atoms with Crippen molar-refractivity contribution >= 4 is 11.9 Å². The van der Waals surface area contributed by atoms with Gasteiger partial charge in [0.2, 0.25) is 5.91 Å². The molecule has 88 valence electrons. The van der Waals surface area contributed by atoms with Gasteiger partial charge in [-0.05, 0) is 19.3 Å². The number of carboxylic acids is 1. The molecule has 0 aliphatic carbocycles. The average Bonchev–Trinajstić information content (AvgIpc) is 2.16. The van der Waals surface area contributed by atoms with Crippen molar-refractivity contribution in [1.82, 2.24) is 5.32 Å². The van der Waals surface area contributed by atoms with Crippen LogP contribution >= 0.6 is 0 Å². The number of carbonyl (C=O) groups is 2. The van der Waals surface area contributed by atoms with Gasteiger partial charge in [-0.1, -0.05) is 13.3 Å². The van der Waals surface area contributed by atoms with Crippen LogP contribution in [-0.4, -0.2) is 29.6 Å². The van der Waals surface area contributed by atoms with E-state index in [0.29, 0.717) is 25.8 Å². The Balaban J connectivity index is 3.42. The van der Waals surface area contributed by atoms with Crippen molar-refractivity contribution < 1.29 is 14.7 Å². The fourth-order valence-corrected chi connectivity index (χ4v) is 1.19. The Morgan fingerprint density at radius 1 is 1.40 bits per heavy atom. The van der Waals surface area contributed by atoms with E-state index in [2.05, 4.69) is 5.32 Å². The van der Waals surface area contributed by atoms with Crippen molar-refractivity contribution in [3.8, 4) is 0 Å². The van der Waals surface area contributed by atoms with Gasteiger partial charge in [0.05, 0.1) is 6.04 Å². The molecule has 0 saturated carbocycles. The largest absolute Gasteiger partial charge is 0.481 e. The SMILES string of the molecule is CCC[C@H](N)C(=O)NCCCCC(=O)O. The molecule has 0 saturated heterocycles. The number of carbonyl (C=O) groups excluding carboxylic acids is 1. The summed E-state index contributed by atoms with van der Waals surface area (Å²) in [6, 6.07) is -0.436. The number of unbranched alkanes of at least 4 members (excludes halogenated alkanes) is 1. The second kappa shape index (κ2) is 8.23. The van der Waals surface area contributed by atoms with E-state index < -0.39 is 12.0 Å². The molecule has 0 aromatic rings. The third-order valence-corrected chi connectivity index (χ3v) is 2.05. The molecule has 5 heteroatoms. The smallest absolute Gasteiger partial charge is 0.303 e. The summed E-state index contributed by atoms with van der Waals surface area (Å²) in [5.74, 6) is -0.948. The van der Waals surface area contributed by atoms with E-state index >= 15 is 0 Å². The van der Waals surface area contributed by atoms with Gasteiger partial charge in [-0.2, -0.15) is 0 Å². The van der Waals surface area contributed by atoms with Crippen LogP contribution in [-0.2, 0) is 9.59 Å². The molecule has 5 nitrogen and oxygen atoms in total. The van der Waals surface area contributed by atoms with Crippen LogP contribution in [0.4, 0.5) is 0 Å². The molecule has 0 radical (unpaired) electrons. The summed E-state index contributed by atoms with van der Waals surface area (Å²) in [4.78, 5) is 21.5. The van der Waals surface area contributed by atoms with Crippen molar-refractivity contribution in [2.24, 2.45) is 5.73 Å². The highest BCUT2D eigenvalue weighted by atomic mass is 16.4. The first-order valence-electron chi connectivity index (χ1n) is 5.33. The lowest BCUT2D eigenvalue weighted by Gasteiger charge is -2.10. The predicted molar refractivity (Wildman–Crippen MR) is 57.4 cm³/mol. The van der Waals surface area contributed by atoms with Gasteiger partial charge in [-0.25, -0.2) is 0 Å². The van der Waals surface area contributed by atoms with Crippen molar-refractivity contribution in [3.05, 3.63) is 0 Å². The molecule has 0 bridgehead atoms. The first-order chi connectivity index (χ1) is 7.07. The molecule has 1 atom stereocenters. The Hall–Kier alpha value is -1.10. The minimum Gasteiger partial charge on any atom is -0.481 e. The molecule has 1 amide bonds. The van der Waals surface area contributed by atoms with Crippen molar-refractivity contribution in [2.45, 2.75) is 45.1 Å². The molecule has 0 rings (SSSR count). The van der Waals surface area contributed by atoms with E-state index in [-0.39, 0.29) is 12.3 Å². The van der Waals surface area contributed by atoms with Gasteiger partial charge in [-0.3, -0.25) is 9.59 Å². The quantitative estimate of drug-likeness (QED) is 0.515. The highest BCUT2D eigenvalue weighted by Gasteiger charge is 2.10. The Kier molecular flexibility index (Phi) is 7.62. The summed E-state index contributed by atoms with van der Waals surface area (Å²) < 4.78 is 0. The van der Waals surface area contributed by atoms with E-state index in [1.165, 1.54) is 0 Å². The Bertz CT molecular complexity index is 207. The summed E-state index contributed by atoms with van der Waals surface area (Å²) in [7, 11) is 0. The molecule has 0 unspecified atom stereocenters. The summed E-state index contributed by atoms with van der Waals surface area (Å²) in [5, 5.41) is 11.1. The zero-order chi connectivity index (χ0) is 11.7. The predicted octanol–water partition coefficient (Wildman–Crippen LogP) is 0.485. The second-order valence-electron chi connectivity index (χ2n) is 3.54. The molecule has 15 heavy (non-hydrogen) atoms. The molecule has 0 spiro atoms. The molecule has 4 N–H and O–H groups in total. The fraction of sp³-hybridized carbons (Fsp3) is 0.800. The summed E-state index contributed by atoms with van der Waals surface area (Å²) >= 11 is 0. The van der Waals surface area contributed by atoms with Gasteiger partial charge in [0, 0.05) is 13.0 Å². The number of amides is 1. The van der Waals surface area contributed by atoms with E-state index in [1.807, 2.05) is 6.92 Å². The van der Waals surface area contributed by atoms with Crippen molar-refractivity contribution in [1.29, 1.82) is 0 Å². The summed E-state index contributed by atoms with van der Waals surface area (Å²) in [6.45, 7) is 2.48. The lowest BCUT2D eigenvalue weighted by molar-refractivity contribution is -0.137. The summed E-state index contributed by atoms with van der Waals surface area (Å²) in [5.41, 5.74) is 5.58. The first-order valence-corrected chi connectivity index (χ1v) is 5.33. The van der Waals surface area contributed by atoms with Crippen LogP contribution in [0.15, 0.2) is 0 Å². The fourth-order valence-electron chi connectivity index (χ4n) is 1.19. The van der Waals surface area contributed by atoms with Gasteiger partial charge in [-0.15, -0.1) is 0 Å². The van der Waals surface area contributed by atoms with E-state index in [9.17, 15) is 9.59 Å².